The number of hydrogen-bond donors (Lipinski definition) is 0. The molecule has 0 saturated heterocycles. The van der Waals surface area contributed by atoms with Crippen LogP contribution in [0.1, 0.15) is 35.1 Å². The van der Waals surface area contributed by atoms with Crippen molar-refractivity contribution in [3.05, 3.63) is 16.1 Å². The highest BCUT2D eigenvalue weighted by molar-refractivity contribution is 7.11. The van der Waals surface area contributed by atoms with Crippen molar-refractivity contribution in [2.24, 2.45) is 0 Å². The third-order valence-corrected chi connectivity index (χ3v) is 3.57. The van der Waals surface area contributed by atoms with E-state index in [-0.39, 0.29) is 11.7 Å². The van der Waals surface area contributed by atoms with Gasteiger partial charge in [0.15, 0.2) is 5.01 Å². The molecular weight excluding hydrogens is 227 g/mol. The lowest BCUT2D eigenvalue weighted by atomic mass is 10.1. The number of aromatic nitrogens is 1. The van der Waals surface area contributed by atoms with Crippen molar-refractivity contribution in [2.45, 2.75) is 31.4 Å². The summed E-state index contributed by atoms with van der Waals surface area (Å²) in [4.78, 5) is 15.1. The average molecular weight is 235 g/mol. The summed E-state index contributed by atoms with van der Waals surface area (Å²) in [6.07, 6.45) is -1.32. The van der Waals surface area contributed by atoms with Crippen LogP contribution in [0.25, 0.3) is 0 Å². The third-order valence-electron chi connectivity index (χ3n) is 2.41. The summed E-state index contributed by atoms with van der Waals surface area (Å²) in [5, 5.41) is -0.864. The van der Waals surface area contributed by atoms with Crippen LogP contribution >= 0.6 is 11.3 Å². The van der Waals surface area contributed by atoms with E-state index in [1.807, 2.05) is 0 Å². The molecule has 0 amide bonds. The Balaban J connectivity index is 2.24. The van der Waals surface area contributed by atoms with E-state index >= 15 is 0 Å². The fourth-order valence-electron chi connectivity index (χ4n) is 1.70. The number of alkyl halides is 3. The molecule has 0 radical (unpaired) electrons. The van der Waals surface area contributed by atoms with Crippen LogP contribution in [0.15, 0.2) is 6.20 Å². The molecule has 1 aliphatic rings. The summed E-state index contributed by atoms with van der Waals surface area (Å²) in [5.41, 5.74) is 0. The van der Waals surface area contributed by atoms with E-state index < -0.39 is 11.2 Å². The van der Waals surface area contributed by atoms with E-state index in [0.717, 1.165) is 6.42 Å². The first kappa shape index (κ1) is 10.6. The molecule has 0 bridgehead atoms. The number of nitrogens with zero attached hydrogens (tertiary/aromatic N) is 1. The Labute approximate surface area is 88.1 Å². The number of carbonyl (C=O) groups excluding carboxylic acids is 1. The van der Waals surface area contributed by atoms with Gasteiger partial charge in [-0.1, -0.05) is 0 Å². The smallest absolute Gasteiger partial charge is 0.299 e. The minimum atomic E-state index is -4.40. The minimum absolute atomic E-state index is 0.0346. The van der Waals surface area contributed by atoms with E-state index in [1.165, 1.54) is 6.20 Å². The molecule has 1 heterocycles. The van der Waals surface area contributed by atoms with Gasteiger partial charge in [-0.3, -0.25) is 4.79 Å². The van der Waals surface area contributed by atoms with Gasteiger partial charge in [0.1, 0.15) is 5.78 Å². The Morgan fingerprint density at radius 2 is 2.20 bits per heavy atom. The van der Waals surface area contributed by atoms with Crippen LogP contribution in [0.3, 0.4) is 0 Å². The molecule has 1 fully saturated rings. The van der Waals surface area contributed by atoms with Crippen molar-refractivity contribution >= 4 is 17.1 Å². The van der Waals surface area contributed by atoms with Crippen LogP contribution in [0.2, 0.25) is 0 Å². The number of ketones is 1. The highest BCUT2D eigenvalue weighted by atomic mass is 32.1. The zero-order chi connectivity index (χ0) is 11.1. The molecule has 0 spiro atoms. The van der Waals surface area contributed by atoms with Gasteiger partial charge >= 0.3 is 6.18 Å². The largest absolute Gasteiger partial charge is 0.443 e. The SMILES string of the molecule is O=C1CCCC1c1cnc(C(F)(F)F)s1. The predicted molar refractivity (Wildman–Crippen MR) is 48.7 cm³/mol. The first-order valence-corrected chi connectivity index (χ1v) is 5.36. The zero-order valence-corrected chi connectivity index (χ0v) is 8.49. The number of thiazole rings is 1. The minimum Gasteiger partial charge on any atom is -0.299 e. The third kappa shape index (κ3) is 2.04. The molecule has 15 heavy (non-hydrogen) atoms. The first-order valence-electron chi connectivity index (χ1n) is 4.54. The molecule has 82 valence electrons. The van der Waals surface area contributed by atoms with Crippen LogP contribution in [0.4, 0.5) is 13.2 Å². The van der Waals surface area contributed by atoms with Gasteiger partial charge in [-0.05, 0) is 12.8 Å². The molecule has 2 nitrogen and oxygen atoms in total. The van der Waals surface area contributed by atoms with Crippen LogP contribution in [-0.4, -0.2) is 10.8 Å². The Kier molecular flexibility index (Phi) is 2.54. The van der Waals surface area contributed by atoms with Gasteiger partial charge in [0.25, 0.3) is 0 Å². The number of hydrogen-bond acceptors (Lipinski definition) is 3. The second-order valence-corrected chi connectivity index (χ2v) is 4.54. The van der Waals surface area contributed by atoms with Crippen LogP contribution in [0.5, 0.6) is 0 Å². The maximum atomic E-state index is 12.2. The van der Waals surface area contributed by atoms with Gasteiger partial charge in [-0.15, -0.1) is 11.3 Å². The molecule has 0 N–H and O–H groups in total. The lowest BCUT2D eigenvalue weighted by molar-refractivity contribution is -0.137. The predicted octanol–water partition coefficient (Wildman–Crippen LogP) is 3.00. The van der Waals surface area contributed by atoms with Crippen molar-refractivity contribution in [3.63, 3.8) is 0 Å². The molecule has 1 aromatic heterocycles. The lowest BCUT2D eigenvalue weighted by Gasteiger charge is -2.02. The molecular formula is C9H8F3NOS. The van der Waals surface area contributed by atoms with Crippen molar-refractivity contribution in [1.82, 2.24) is 4.98 Å². The number of Topliss-reactive ketones (excluding diaryl/α,β-unsaturated/α-hetero) is 1. The zero-order valence-electron chi connectivity index (χ0n) is 7.67. The second-order valence-electron chi connectivity index (χ2n) is 3.48. The molecule has 2 rings (SSSR count). The maximum absolute atomic E-state index is 12.2. The van der Waals surface area contributed by atoms with Gasteiger partial charge < -0.3 is 0 Å². The fourth-order valence-corrected chi connectivity index (χ4v) is 2.64. The normalized spacial score (nSPS) is 22.3. The van der Waals surface area contributed by atoms with Gasteiger partial charge in [-0.2, -0.15) is 13.2 Å². The van der Waals surface area contributed by atoms with Gasteiger partial charge in [-0.25, -0.2) is 4.98 Å². The number of carbonyl (C=O) groups is 1. The molecule has 1 saturated carbocycles. The summed E-state index contributed by atoms with van der Waals surface area (Å²) in [6.45, 7) is 0. The summed E-state index contributed by atoms with van der Waals surface area (Å²) in [6, 6.07) is 0. The number of rotatable bonds is 1. The van der Waals surface area contributed by atoms with Gasteiger partial charge in [0, 0.05) is 17.5 Å². The van der Waals surface area contributed by atoms with Crippen molar-refractivity contribution in [3.8, 4) is 0 Å². The Hall–Kier alpha value is -0.910. The molecule has 1 atom stereocenters. The van der Waals surface area contributed by atoms with Crippen LogP contribution < -0.4 is 0 Å². The van der Waals surface area contributed by atoms with Crippen molar-refractivity contribution in [1.29, 1.82) is 0 Å². The first-order chi connectivity index (χ1) is 6.98. The maximum Gasteiger partial charge on any atom is 0.443 e. The summed E-state index contributed by atoms with van der Waals surface area (Å²) in [5.74, 6) is -0.314. The highest BCUT2D eigenvalue weighted by Crippen LogP contribution is 2.38. The van der Waals surface area contributed by atoms with Gasteiger partial charge in [0.2, 0.25) is 0 Å². The summed E-state index contributed by atoms with van der Waals surface area (Å²) in [7, 11) is 0. The van der Waals surface area contributed by atoms with Crippen LogP contribution in [0, 0.1) is 0 Å². The van der Waals surface area contributed by atoms with Crippen molar-refractivity contribution < 1.29 is 18.0 Å². The Morgan fingerprint density at radius 3 is 2.67 bits per heavy atom. The van der Waals surface area contributed by atoms with Crippen molar-refractivity contribution in [2.75, 3.05) is 0 Å². The highest BCUT2D eigenvalue weighted by Gasteiger charge is 2.36. The number of halogens is 3. The topological polar surface area (TPSA) is 30.0 Å². The standard InChI is InChI=1S/C9H8F3NOS/c10-9(11,12)8-13-4-7(15-8)5-2-1-3-6(5)14/h4-5H,1-3H2. The van der Waals surface area contributed by atoms with E-state index in [1.54, 1.807) is 0 Å². The monoisotopic (exact) mass is 235 g/mol. The summed E-state index contributed by atoms with van der Waals surface area (Å²) >= 11 is 0.584. The molecule has 1 unspecified atom stereocenters. The van der Waals surface area contributed by atoms with Gasteiger partial charge in [0.05, 0.1) is 5.92 Å². The van der Waals surface area contributed by atoms with E-state index in [0.29, 0.717) is 29.1 Å². The Bertz CT molecular complexity index is 385. The molecule has 0 aliphatic heterocycles. The molecule has 6 heteroatoms. The Morgan fingerprint density at radius 1 is 1.47 bits per heavy atom. The van der Waals surface area contributed by atoms with E-state index in [2.05, 4.69) is 4.98 Å². The van der Waals surface area contributed by atoms with E-state index in [4.69, 9.17) is 0 Å². The van der Waals surface area contributed by atoms with Crippen LogP contribution in [-0.2, 0) is 11.0 Å². The average Bonchev–Trinajstić information content (AvgIpc) is 2.69. The lowest BCUT2D eigenvalue weighted by Crippen LogP contribution is -2.03. The molecule has 0 aromatic carbocycles. The van der Waals surface area contributed by atoms with E-state index in [9.17, 15) is 18.0 Å². The summed E-state index contributed by atoms with van der Waals surface area (Å²) < 4.78 is 36.7. The fraction of sp³-hybridized carbons (Fsp3) is 0.556. The molecule has 1 aromatic rings. The quantitative estimate of drug-likeness (QED) is 0.749. The molecule has 1 aliphatic carbocycles. The second kappa shape index (κ2) is 3.59.